The molecule has 0 fully saturated rings. The number of H-pyrrole nitrogens is 1. The summed E-state index contributed by atoms with van der Waals surface area (Å²) in [6.45, 7) is 2.76. The number of hydrogen-bond acceptors (Lipinski definition) is 4. The molecule has 0 aliphatic heterocycles. The molecular formula is C11H15N5O. The molecule has 0 aliphatic rings. The average molecular weight is 233 g/mol. The lowest BCUT2D eigenvalue weighted by molar-refractivity contribution is -0.104. The fourth-order valence-corrected chi connectivity index (χ4v) is 1.65. The molecule has 2 heterocycles. The minimum Gasteiger partial charge on any atom is -0.391 e. The van der Waals surface area contributed by atoms with Crippen molar-refractivity contribution >= 4 is 11.9 Å². The first kappa shape index (κ1) is 11.4. The average Bonchev–Trinajstić information content (AvgIpc) is 2.83. The van der Waals surface area contributed by atoms with E-state index in [4.69, 9.17) is 0 Å². The van der Waals surface area contributed by atoms with Crippen molar-refractivity contribution in [3.63, 3.8) is 0 Å². The third-order valence-corrected chi connectivity index (χ3v) is 2.39. The van der Waals surface area contributed by atoms with Crippen molar-refractivity contribution < 1.29 is 4.79 Å². The van der Waals surface area contributed by atoms with Crippen LogP contribution in [-0.4, -0.2) is 32.6 Å². The number of aryl methyl sites for hydroxylation is 2. The Hall–Kier alpha value is -2.11. The summed E-state index contributed by atoms with van der Waals surface area (Å²) in [4.78, 5) is 10.0. The van der Waals surface area contributed by atoms with E-state index in [2.05, 4.69) is 20.6 Å². The monoisotopic (exact) mass is 233 g/mol. The maximum Gasteiger partial charge on any atom is 0.152 e. The number of carbonyl (C=O) groups is 1. The molecule has 17 heavy (non-hydrogen) atoms. The lowest BCUT2D eigenvalue weighted by Crippen LogP contribution is -2.09. The predicted molar refractivity (Wildman–Crippen MR) is 63.6 cm³/mol. The van der Waals surface area contributed by atoms with Gasteiger partial charge in [0.25, 0.3) is 0 Å². The first-order valence-corrected chi connectivity index (χ1v) is 5.54. The van der Waals surface area contributed by atoms with Crippen molar-refractivity contribution in [2.45, 2.75) is 19.8 Å². The molecule has 2 aromatic rings. The van der Waals surface area contributed by atoms with E-state index in [9.17, 15) is 4.79 Å². The zero-order chi connectivity index (χ0) is 12.1. The van der Waals surface area contributed by atoms with E-state index in [1.165, 1.54) is 6.08 Å². The molecule has 0 atom stereocenters. The summed E-state index contributed by atoms with van der Waals surface area (Å²) in [5, 5.41) is 14.5. The lowest BCUT2D eigenvalue weighted by atomic mass is 10.3. The van der Waals surface area contributed by atoms with Gasteiger partial charge in [-0.3, -0.25) is 9.89 Å². The van der Waals surface area contributed by atoms with Gasteiger partial charge in [0.2, 0.25) is 0 Å². The normalized spacial score (nSPS) is 11.4. The Bertz CT molecular complexity index is 525. The van der Waals surface area contributed by atoms with Crippen molar-refractivity contribution in [2.75, 3.05) is 6.54 Å². The third-order valence-electron chi connectivity index (χ3n) is 2.39. The summed E-state index contributed by atoms with van der Waals surface area (Å²) < 4.78 is 1.83. The summed E-state index contributed by atoms with van der Waals surface area (Å²) in [5.74, 6) is 0.925. The van der Waals surface area contributed by atoms with Gasteiger partial charge >= 0.3 is 0 Å². The number of nitrogens with one attached hydrogen (secondary N) is 2. The second-order valence-electron chi connectivity index (χ2n) is 3.78. The maximum atomic E-state index is 10.0. The summed E-state index contributed by atoms with van der Waals surface area (Å²) in [6, 6.07) is 1.96. The molecule has 0 unspecified atom stereocenters. The van der Waals surface area contributed by atoms with Gasteiger partial charge in [-0.1, -0.05) is 0 Å². The molecule has 0 spiro atoms. The number of rotatable bonds is 6. The number of aldehydes is 1. The van der Waals surface area contributed by atoms with Gasteiger partial charge in [-0.05, 0) is 25.6 Å². The second kappa shape index (κ2) is 5.29. The molecule has 2 N–H and O–H groups in total. The van der Waals surface area contributed by atoms with E-state index in [1.54, 1.807) is 6.20 Å². The maximum absolute atomic E-state index is 10.0. The third kappa shape index (κ3) is 2.72. The van der Waals surface area contributed by atoms with E-state index < -0.39 is 0 Å². The minimum absolute atomic E-state index is 0.747. The molecule has 0 aliphatic carbocycles. The summed E-state index contributed by atoms with van der Waals surface area (Å²) in [5.41, 5.74) is 1.90. The van der Waals surface area contributed by atoms with Crippen LogP contribution in [0.4, 0.5) is 0 Å². The minimum atomic E-state index is 0.747. The van der Waals surface area contributed by atoms with Crippen LogP contribution in [0.1, 0.15) is 17.9 Å². The van der Waals surface area contributed by atoms with Gasteiger partial charge < -0.3 is 5.32 Å². The van der Waals surface area contributed by atoms with Gasteiger partial charge in [-0.15, -0.1) is 0 Å². The van der Waals surface area contributed by atoms with Crippen molar-refractivity contribution in [2.24, 2.45) is 0 Å². The molecule has 0 radical (unpaired) electrons. The highest BCUT2D eigenvalue weighted by atomic mass is 16.1. The molecule has 6 nitrogen and oxygen atoms in total. The molecule has 2 rings (SSSR count). The van der Waals surface area contributed by atoms with Crippen molar-refractivity contribution in [1.82, 2.24) is 25.1 Å². The van der Waals surface area contributed by atoms with Gasteiger partial charge in [0.05, 0.1) is 5.69 Å². The topological polar surface area (TPSA) is 75.1 Å². The van der Waals surface area contributed by atoms with Crippen LogP contribution in [0.5, 0.6) is 0 Å². The highest BCUT2D eigenvalue weighted by molar-refractivity contribution is 5.64. The number of allylic oxidation sites excluding steroid dienone is 1. The van der Waals surface area contributed by atoms with E-state index >= 15 is 0 Å². The van der Waals surface area contributed by atoms with Crippen LogP contribution >= 0.6 is 0 Å². The van der Waals surface area contributed by atoms with E-state index in [0.717, 1.165) is 42.8 Å². The second-order valence-corrected chi connectivity index (χ2v) is 3.78. The Morgan fingerprint density at radius 2 is 2.47 bits per heavy atom. The van der Waals surface area contributed by atoms with Gasteiger partial charge in [-0.2, -0.15) is 14.7 Å². The Labute approximate surface area is 98.7 Å². The molecule has 0 saturated carbocycles. The number of carbonyl (C=O) groups excluding carboxylic acids is 1. The molecule has 6 heteroatoms. The SMILES string of the molecule is Cc1cc2[nH]nc(CCCNC=CC=O)n2n1. The highest BCUT2D eigenvalue weighted by Gasteiger charge is 2.06. The molecule has 0 bridgehead atoms. The highest BCUT2D eigenvalue weighted by Crippen LogP contribution is 2.06. The van der Waals surface area contributed by atoms with Crippen molar-refractivity contribution in [1.29, 1.82) is 0 Å². The van der Waals surface area contributed by atoms with Gasteiger partial charge in [0.1, 0.15) is 6.29 Å². The van der Waals surface area contributed by atoms with Crippen LogP contribution in [0.15, 0.2) is 18.3 Å². The van der Waals surface area contributed by atoms with Gasteiger partial charge in [-0.25, -0.2) is 0 Å². The number of nitrogens with zero attached hydrogens (tertiary/aromatic N) is 3. The number of aromatic nitrogens is 4. The van der Waals surface area contributed by atoms with Gasteiger partial charge in [0, 0.05) is 19.0 Å². The molecule has 2 aromatic heterocycles. The lowest BCUT2D eigenvalue weighted by Gasteiger charge is -1.98. The first-order chi connectivity index (χ1) is 8.31. The van der Waals surface area contributed by atoms with Crippen LogP contribution in [0.25, 0.3) is 5.65 Å². The fourth-order valence-electron chi connectivity index (χ4n) is 1.65. The Morgan fingerprint density at radius 1 is 1.59 bits per heavy atom. The predicted octanol–water partition coefficient (Wildman–Crippen LogP) is 0.601. The summed E-state index contributed by atoms with van der Waals surface area (Å²) in [6.07, 6.45) is 5.59. The fraction of sp³-hybridized carbons (Fsp3) is 0.364. The van der Waals surface area contributed by atoms with Crippen LogP contribution in [0.2, 0.25) is 0 Å². The summed E-state index contributed by atoms with van der Waals surface area (Å²) in [7, 11) is 0. The van der Waals surface area contributed by atoms with Crippen LogP contribution < -0.4 is 5.32 Å². The van der Waals surface area contributed by atoms with E-state index in [1.807, 2.05) is 17.5 Å². The van der Waals surface area contributed by atoms with Crippen molar-refractivity contribution in [3.8, 4) is 0 Å². The molecule has 0 amide bonds. The van der Waals surface area contributed by atoms with Crippen LogP contribution in [-0.2, 0) is 11.2 Å². The zero-order valence-electron chi connectivity index (χ0n) is 9.68. The number of fused-ring (bicyclic) bond motifs is 1. The first-order valence-electron chi connectivity index (χ1n) is 5.54. The Balaban J connectivity index is 1.86. The number of aromatic amines is 1. The number of hydrogen-bond donors (Lipinski definition) is 2. The standard InChI is InChI=1S/C11H15N5O/c1-9-8-11-14-13-10(16(11)15-9)4-2-5-12-6-3-7-17/h3,6-8,12,14H,2,4-5H2,1H3. The quantitative estimate of drug-likeness (QED) is 0.435. The van der Waals surface area contributed by atoms with Crippen molar-refractivity contribution in [3.05, 3.63) is 29.9 Å². The van der Waals surface area contributed by atoms with Crippen LogP contribution in [0, 0.1) is 6.92 Å². The zero-order valence-corrected chi connectivity index (χ0v) is 9.68. The smallest absolute Gasteiger partial charge is 0.152 e. The molecular weight excluding hydrogens is 218 g/mol. The Morgan fingerprint density at radius 3 is 3.29 bits per heavy atom. The molecule has 0 aromatic carbocycles. The largest absolute Gasteiger partial charge is 0.391 e. The Kier molecular flexibility index (Phi) is 3.54. The van der Waals surface area contributed by atoms with Gasteiger partial charge in [0.15, 0.2) is 11.5 Å². The van der Waals surface area contributed by atoms with E-state index in [-0.39, 0.29) is 0 Å². The summed E-state index contributed by atoms with van der Waals surface area (Å²) >= 11 is 0. The van der Waals surface area contributed by atoms with E-state index in [0.29, 0.717) is 0 Å². The van der Waals surface area contributed by atoms with Crippen LogP contribution in [0.3, 0.4) is 0 Å². The molecule has 0 saturated heterocycles. The molecule has 90 valence electrons.